The number of para-hydroxylation sites is 1. The molecule has 2 aromatic rings. The van der Waals surface area contributed by atoms with Gasteiger partial charge >= 0.3 is 0 Å². The van der Waals surface area contributed by atoms with Crippen LogP contribution < -0.4 is 20.1 Å². The van der Waals surface area contributed by atoms with E-state index in [1.54, 1.807) is 14.2 Å². The molecule has 28 heavy (non-hydrogen) atoms. The Bertz CT molecular complexity index is 829. The molecule has 1 fully saturated rings. The molecule has 0 saturated heterocycles. The van der Waals surface area contributed by atoms with Crippen molar-refractivity contribution < 1.29 is 9.47 Å². The highest BCUT2D eigenvalue weighted by molar-refractivity contribution is 5.80. The summed E-state index contributed by atoms with van der Waals surface area (Å²) in [5, 5.41) is 7.02. The van der Waals surface area contributed by atoms with Crippen LogP contribution in [0.15, 0.2) is 47.6 Å². The van der Waals surface area contributed by atoms with Gasteiger partial charge in [0.15, 0.2) is 5.96 Å². The first-order chi connectivity index (χ1) is 13.7. The van der Waals surface area contributed by atoms with Crippen LogP contribution in [0, 0.1) is 0 Å². The smallest absolute Gasteiger partial charge is 0.212 e. The number of hydrogen-bond acceptors (Lipinski definition) is 4. The van der Waals surface area contributed by atoms with Gasteiger partial charge in [-0.2, -0.15) is 0 Å². The number of ether oxygens (including phenoxy) is 2. The van der Waals surface area contributed by atoms with Gasteiger partial charge in [-0.25, -0.2) is 4.98 Å². The van der Waals surface area contributed by atoms with Gasteiger partial charge in [0, 0.05) is 37.8 Å². The van der Waals surface area contributed by atoms with E-state index in [1.165, 1.54) is 18.4 Å². The highest BCUT2D eigenvalue weighted by Gasteiger charge is 2.43. The number of hydrogen-bond donors (Lipinski definition) is 2. The molecule has 2 heterocycles. The number of fused-ring (bicyclic) bond motifs is 1. The van der Waals surface area contributed by atoms with Gasteiger partial charge in [0.1, 0.15) is 11.4 Å². The molecule has 2 aliphatic rings. The Morgan fingerprint density at radius 3 is 2.79 bits per heavy atom. The second-order valence-corrected chi connectivity index (χ2v) is 7.57. The molecule has 148 valence electrons. The molecule has 0 amide bonds. The molecule has 1 aromatic heterocycles. The zero-order valence-electron chi connectivity index (χ0n) is 16.6. The van der Waals surface area contributed by atoms with E-state index in [-0.39, 0.29) is 11.6 Å². The Balaban J connectivity index is 1.46. The molecule has 1 spiro atoms. The molecule has 6 nitrogen and oxygen atoms in total. The zero-order valence-corrected chi connectivity index (χ0v) is 16.6. The number of aromatic nitrogens is 1. The van der Waals surface area contributed by atoms with Crippen LogP contribution in [0.4, 0.5) is 0 Å². The van der Waals surface area contributed by atoms with Crippen molar-refractivity contribution in [1.29, 1.82) is 0 Å². The SMILES string of the molecule is CN=C(NCc1ccc(OC)nc1)NC1CC2(CCCC2)Oc2ccccc21. The third-order valence-electron chi connectivity index (χ3n) is 5.71. The van der Waals surface area contributed by atoms with E-state index in [1.807, 2.05) is 24.4 Å². The molecule has 1 atom stereocenters. The van der Waals surface area contributed by atoms with Crippen LogP contribution in [0.2, 0.25) is 0 Å². The van der Waals surface area contributed by atoms with Gasteiger partial charge in [0.25, 0.3) is 0 Å². The summed E-state index contributed by atoms with van der Waals surface area (Å²) < 4.78 is 11.6. The molecular weight excluding hydrogens is 352 g/mol. The topological polar surface area (TPSA) is 67.8 Å². The highest BCUT2D eigenvalue weighted by atomic mass is 16.5. The van der Waals surface area contributed by atoms with E-state index >= 15 is 0 Å². The van der Waals surface area contributed by atoms with Crippen LogP contribution in [0.1, 0.15) is 49.3 Å². The molecule has 1 aliphatic carbocycles. The molecule has 2 N–H and O–H groups in total. The molecule has 0 radical (unpaired) electrons. The minimum Gasteiger partial charge on any atom is -0.487 e. The standard InChI is InChI=1S/C22H28N4O2/c1-23-21(25-15-16-9-10-20(27-2)24-14-16)26-18-13-22(11-5-6-12-22)28-19-8-4-3-7-17(18)19/h3-4,7-10,14,18H,5-6,11-13,15H2,1-2H3,(H2,23,25,26). The van der Waals surface area contributed by atoms with E-state index in [0.717, 1.165) is 36.5 Å². The fourth-order valence-electron chi connectivity index (χ4n) is 4.25. The van der Waals surface area contributed by atoms with E-state index in [0.29, 0.717) is 12.4 Å². The Kier molecular flexibility index (Phi) is 5.37. The van der Waals surface area contributed by atoms with Crippen molar-refractivity contribution in [3.05, 3.63) is 53.7 Å². The molecule has 1 aromatic carbocycles. The van der Waals surface area contributed by atoms with Crippen LogP contribution in [0.25, 0.3) is 0 Å². The van der Waals surface area contributed by atoms with Crippen molar-refractivity contribution in [3.63, 3.8) is 0 Å². The summed E-state index contributed by atoms with van der Waals surface area (Å²) >= 11 is 0. The van der Waals surface area contributed by atoms with Crippen molar-refractivity contribution in [2.75, 3.05) is 14.2 Å². The first-order valence-corrected chi connectivity index (χ1v) is 9.95. The number of nitrogens with zero attached hydrogens (tertiary/aromatic N) is 2. The molecule has 4 rings (SSSR count). The molecule has 0 bridgehead atoms. The summed E-state index contributed by atoms with van der Waals surface area (Å²) in [7, 11) is 3.42. The van der Waals surface area contributed by atoms with Gasteiger partial charge in [-0.15, -0.1) is 0 Å². The monoisotopic (exact) mass is 380 g/mol. The Morgan fingerprint density at radius 2 is 2.07 bits per heavy atom. The summed E-state index contributed by atoms with van der Waals surface area (Å²) in [5.74, 6) is 2.40. The average Bonchev–Trinajstić information content (AvgIpc) is 3.18. The maximum atomic E-state index is 6.46. The van der Waals surface area contributed by atoms with Gasteiger partial charge < -0.3 is 20.1 Å². The number of pyridine rings is 1. The molecule has 1 saturated carbocycles. The Hall–Kier alpha value is -2.76. The number of benzene rings is 1. The largest absolute Gasteiger partial charge is 0.487 e. The van der Waals surface area contributed by atoms with Crippen LogP contribution in [0.5, 0.6) is 11.6 Å². The fourth-order valence-corrected chi connectivity index (χ4v) is 4.25. The lowest BCUT2D eigenvalue weighted by Crippen LogP contribution is -2.46. The van der Waals surface area contributed by atoms with Crippen LogP contribution >= 0.6 is 0 Å². The number of rotatable bonds is 4. The number of nitrogens with one attached hydrogen (secondary N) is 2. The second-order valence-electron chi connectivity index (χ2n) is 7.57. The first kappa shape index (κ1) is 18.6. The lowest BCUT2D eigenvalue weighted by atomic mass is 9.86. The third kappa shape index (κ3) is 3.91. The van der Waals surface area contributed by atoms with Crippen LogP contribution in [-0.4, -0.2) is 30.7 Å². The van der Waals surface area contributed by atoms with Crippen molar-refractivity contribution >= 4 is 5.96 Å². The van der Waals surface area contributed by atoms with Crippen molar-refractivity contribution in [2.45, 2.75) is 50.3 Å². The van der Waals surface area contributed by atoms with Gasteiger partial charge in [0.05, 0.1) is 13.2 Å². The quantitative estimate of drug-likeness (QED) is 0.627. The average molecular weight is 380 g/mol. The Morgan fingerprint density at radius 1 is 1.25 bits per heavy atom. The molecular formula is C22H28N4O2. The summed E-state index contributed by atoms with van der Waals surface area (Å²) in [5.41, 5.74) is 2.24. The lowest BCUT2D eigenvalue weighted by molar-refractivity contribution is 0.0396. The van der Waals surface area contributed by atoms with Crippen molar-refractivity contribution in [2.24, 2.45) is 4.99 Å². The number of aliphatic imine (C=N–C) groups is 1. The van der Waals surface area contributed by atoms with Gasteiger partial charge in [-0.1, -0.05) is 24.3 Å². The molecule has 6 heteroatoms. The van der Waals surface area contributed by atoms with Crippen molar-refractivity contribution in [3.8, 4) is 11.6 Å². The van der Waals surface area contributed by atoms with E-state index < -0.39 is 0 Å². The number of guanidine groups is 1. The molecule has 1 unspecified atom stereocenters. The van der Waals surface area contributed by atoms with Crippen LogP contribution in [-0.2, 0) is 6.54 Å². The predicted molar refractivity (Wildman–Crippen MR) is 110 cm³/mol. The fraction of sp³-hybridized carbons (Fsp3) is 0.455. The van der Waals surface area contributed by atoms with Gasteiger partial charge in [-0.3, -0.25) is 4.99 Å². The molecule has 1 aliphatic heterocycles. The number of methoxy groups -OCH3 is 1. The summed E-state index contributed by atoms with van der Waals surface area (Å²) in [6.45, 7) is 0.646. The van der Waals surface area contributed by atoms with Gasteiger partial charge in [-0.05, 0) is 37.3 Å². The summed E-state index contributed by atoms with van der Waals surface area (Å²) in [6, 6.07) is 12.4. The lowest BCUT2D eigenvalue weighted by Gasteiger charge is -2.40. The predicted octanol–water partition coefficient (Wildman–Crippen LogP) is 3.59. The third-order valence-corrected chi connectivity index (χ3v) is 5.71. The van der Waals surface area contributed by atoms with E-state index in [2.05, 4.69) is 38.8 Å². The maximum Gasteiger partial charge on any atom is 0.212 e. The van der Waals surface area contributed by atoms with Crippen LogP contribution in [0.3, 0.4) is 0 Å². The minimum absolute atomic E-state index is 0.0369. The maximum absolute atomic E-state index is 6.46. The van der Waals surface area contributed by atoms with Crippen molar-refractivity contribution in [1.82, 2.24) is 15.6 Å². The van der Waals surface area contributed by atoms with E-state index in [9.17, 15) is 0 Å². The first-order valence-electron chi connectivity index (χ1n) is 9.95. The van der Waals surface area contributed by atoms with E-state index in [4.69, 9.17) is 9.47 Å². The Labute approximate surface area is 166 Å². The zero-order chi connectivity index (χ0) is 19.4. The highest BCUT2D eigenvalue weighted by Crippen LogP contribution is 2.46. The summed E-state index contributed by atoms with van der Waals surface area (Å²) in [6.07, 6.45) is 7.52. The summed E-state index contributed by atoms with van der Waals surface area (Å²) in [4.78, 5) is 8.68. The van der Waals surface area contributed by atoms with Gasteiger partial charge in [0.2, 0.25) is 5.88 Å². The minimum atomic E-state index is -0.0369. The second kappa shape index (κ2) is 8.09. The normalized spacial score (nSPS) is 20.4.